The van der Waals surface area contributed by atoms with E-state index in [4.69, 9.17) is 3.17 Å². The minimum Gasteiger partial charge on any atom is -0.349 e. The van der Waals surface area contributed by atoms with Crippen molar-refractivity contribution in [2.75, 3.05) is 20.6 Å². The van der Waals surface area contributed by atoms with Crippen LogP contribution < -0.4 is 5.48 Å². The van der Waals surface area contributed by atoms with Crippen LogP contribution in [-0.2, 0) is 7.96 Å². The average molecular weight is 314 g/mol. The van der Waals surface area contributed by atoms with Gasteiger partial charge < -0.3 is 4.90 Å². The third-order valence-corrected chi connectivity index (χ3v) is 2.39. The number of halogens is 1. The third-order valence-electron chi connectivity index (χ3n) is 2.08. The molecule has 4 nitrogen and oxygen atoms in total. The summed E-state index contributed by atoms with van der Waals surface area (Å²) < 4.78 is 4.73. The minimum atomic E-state index is 0.0275. The van der Waals surface area contributed by atoms with Crippen LogP contribution in [0.5, 0.6) is 0 Å². The molecule has 0 saturated carbocycles. The highest BCUT2D eigenvalue weighted by Gasteiger charge is 2.19. The van der Waals surface area contributed by atoms with Crippen LogP contribution in [0.4, 0.5) is 0 Å². The molecule has 0 aliphatic carbocycles. The molecule has 0 rings (SSSR count). The van der Waals surface area contributed by atoms with Gasteiger partial charge in [0.15, 0.2) is 0 Å². The fourth-order valence-electron chi connectivity index (χ4n) is 1.26. The van der Waals surface area contributed by atoms with E-state index in [2.05, 4.69) is 12.4 Å². The predicted molar refractivity (Wildman–Crippen MR) is 64.8 cm³/mol. The molecule has 0 aromatic carbocycles. The second-order valence-electron chi connectivity index (χ2n) is 3.50. The van der Waals surface area contributed by atoms with Crippen LogP contribution in [0.3, 0.4) is 0 Å². The van der Waals surface area contributed by atoms with E-state index >= 15 is 0 Å². The Morgan fingerprint density at radius 3 is 2.64 bits per heavy atom. The molecule has 0 aromatic rings. The smallest absolute Gasteiger partial charge is 0.226 e. The van der Waals surface area contributed by atoms with Crippen molar-refractivity contribution >= 4 is 28.9 Å². The molecule has 1 unspecified atom stereocenters. The summed E-state index contributed by atoms with van der Waals surface area (Å²) in [5.74, 6) is 0.194. The van der Waals surface area contributed by atoms with Crippen LogP contribution in [0.1, 0.15) is 26.2 Å². The van der Waals surface area contributed by atoms with E-state index in [0.717, 1.165) is 19.3 Å². The van der Waals surface area contributed by atoms with Crippen molar-refractivity contribution in [3.05, 3.63) is 0 Å². The Morgan fingerprint density at radius 2 is 2.21 bits per heavy atom. The maximum atomic E-state index is 11.7. The van der Waals surface area contributed by atoms with Crippen molar-refractivity contribution in [3.63, 3.8) is 0 Å². The van der Waals surface area contributed by atoms with Crippen LogP contribution in [-0.4, -0.2) is 31.4 Å². The monoisotopic (exact) mass is 314 g/mol. The molecular formula is C9H19IN2O2. The van der Waals surface area contributed by atoms with Crippen LogP contribution in [0.15, 0.2) is 0 Å². The molecule has 0 aromatic heterocycles. The molecule has 0 radical (unpaired) electrons. The molecule has 14 heavy (non-hydrogen) atoms. The van der Waals surface area contributed by atoms with Crippen molar-refractivity contribution in [3.8, 4) is 0 Å². The lowest BCUT2D eigenvalue weighted by Gasteiger charge is -2.19. The molecule has 5 heteroatoms. The summed E-state index contributed by atoms with van der Waals surface area (Å²) in [6, 6.07) is 0. The summed E-state index contributed by atoms with van der Waals surface area (Å²) in [5, 5.41) is 0. The predicted octanol–water partition coefficient (Wildman–Crippen LogP) is 1.75. The first-order valence-corrected chi connectivity index (χ1v) is 5.73. The number of rotatable bonds is 7. The first kappa shape index (κ1) is 14.1. The Balaban J connectivity index is 4.01. The Morgan fingerprint density at radius 1 is 1.57 bits per heavy atom. The molecule has 0 bridgehead atoms. The summed E-state index contributed by atoms with van der Waals surface area (Å²) in [7, 11) is 3.57. The zero-order chi connectivity index (χ0) is 11.0. The van der Waals surface area contributed by atoms with Gasteiger partial charge in [0.05, 0.1) is 5.92 Å². The van der Waals surface area contributed by atoms with E-state index in [0.29, 0.717) is 6.54 Å². The molecule has 0 aliphatic heterocycles. The average Bonchev–Trinajstić information content (AvgIpc) is 2.17. The SMILES string of the molecule is CCCCC(CNOI)C(=O)N(C)C. The molecule has 1 atom stereocenters. The maximum Gasteiger partial charge on any atom is 0.226 e. The standard InChI is InChI=1S/C9H19IN2O2/c1-4-5-6-8(7-11-14-10)9(13)12(2)3/h8,11H,4-7H2,1-3H3. The highest BCUT2D eigenvalue weighted by Crippen LogP contribution is 2.10. The van der Waals surface area contributed by atoms with Gasteiger partial charge in [0.2, 0.25) is 5.91 Å². The number of hydrogen-bond donors (Lipinski definition) is 1. The molecule has 0 fully saturated rings. The Labute approximate surface area is 100 Å². The van der Waals surface area contributed by atoms with Crippen LogP contribution in [0.2, 0.25) is 0 Å². The van der Waals surface area contributed by atoms with Crippen LogP contribution in [0.25, 0.3) is 0 Å². The quantitative estimate of drug-likeness (QED) is 0.575. The molecule has 0 aliphatic rings. The van der Waals surface area contributed by atoms with Gasteiger partial charge in [-0.2, -0.15) is 5.48 Å². The van der Waals surface area contributed by atoms with Gasteiger partial charge in [-0.3, -0.25) is 4.79 Å². The number of hydroxylamine groups is 1. The van der Waals surface area contributed by atoms with Gasteiger partial charge in [-0.05, 0) is 6.42 Å². The second kappa shape index (κ2) is 8.43. The largest absolute Gasteiger partial charge is 0.349 e. The van der Waals surface area contributed by atoms with Gasteiger partial charge in [0, 0.05) is 20.6 Å². The third kappa shape index (κ3) is 5.77. The number of carbonyl (C=O) groups excluding carboxylic acids is 1. The van der Waals surface area contributed by atoms with E-state index in [1.807, 2.05) is 0 Å². The Kier molecular flexibility index (Phi) is 8.50. The lowest BCUT2D eigenvalue weighted by atomic mass is 10.0. The number of nitrogens with zero attached hydrogens (tertiary/aromatic N) is 1. The van der Waals surface area contributed by atoms with Gasteiger partial charge in [-0.1, -0.05) is 19.8 Å². The zero-order valence-corrected chi connectivity index (χ0v) is 11.2. The zero-order valence-electron chi connectivity index (χ0n) is 9.05. The summed E-state index contributed by atoms with van der Waals surface area (Å²) in [5.41, 5.74) is 2.73. The molecule has 84 valence electrons. The number of amides is 1. The van der Waals surface area contributed by atoms with E-state index in [9.17, 15) is 4.79 Å². The van der Waals surface area contributed by atoms with Crippen molar-refractivity contribution in [1.29, 1.82) is 0 Å². The molecule has 0 saturated heterocycles. The Hall–Kier alpha value is 0.120. The van der Waals surface area contributed by atoms with Crippen molar-refractivity contribution < 1.29 is 7.96 Å². The van der Waals surface area contributed by atoms with Gasteiger partial charge in [-0.15, -0.1) is 0 Å². The van der Waals surface area contributed by atoms with Crippen molar-refractivity contribution in [2.45, 2.75) is 26.2 Å². The van der Waals surface area contributed by atoms with Crippen molar-refractivity contribution in [1.82, 2.24) is 10.4 Å². The fraction of sp³-hybridized carbons (Fsp3) is 0.889. The highest BCUT2D eigenvalue weighted by molar-refractivity contribution is 14.1. The second-order valence-corrected chi connectivity index (χ2v) is 3.94. The molecule has 0 heterocycles. The number of nitrogens with one attached hydrogen (secondary N) is 1. The van der Waals surface area contributed by atoms with E-state index in [1.165, 1.54) is 0 Å². The van der Waals surface area contributed by atoms with E-state index in [-0.39, 0.29) is 11.8 Å². The minimum absolute atomic E-state index is 0.0275. The molecule has 1 N–H and O–H groups in total. The van der Waals surface area contributed by atoms with E-state index < -0.39 is 0 Å². The first-order chi connectivity index (χ1) is 6.63. The highest BCUT2D eigenvalue weighted by atomic mass is 127. The number of hydrogen-bond acceptors (Lipinski definition) is 3. The van der Waals surface area contributed by atoms with Gasteiger partial charge in [0.25, 0.3) is 0 Å². The summed E-state index contributed by atoms with van der Waals surface area (Å²) in [6.45, 7) is 2.71. The van der Waals surface area contributed by atoms with Gasteiger partial charge >= 0.3 is 0 Å². The van der Waals surface area contributed by atoms with Crippen LogP contribution in [0, 0.1) is 5.92 Å². The van der Waals surface area contributed by atoms with Gasteiger partial charge in [0.1, 0.15) is 23.0 Å². The molecule has 0 spiro atoms. The summed E-state index contributed by atoms with van der Waals surface area (Å²) >= 11 is 1.76. The Bertz CT molecular complexity index is 157. The molecule has 1 amide bonds. The normalized spacial score (nSPS) is 12.6. The summed E-state index contributed by atoms with van der Waals surface area (Å²) in [4.78, 5) is 13.3. The van der Waals surface area contributed by atoms with Gasteiger partial charge in [-0.25, -0.2) is 3.17 Å². The van der Waals surface area contributed by atoms with E-state index in [1.54, 1.807) is 42.0 Å². The topological polar surface area (TPSA) is 41.6 Å². The maximum absolute atomic E-state index is 11.7. The molecular weight excluding hydrogens is 295 g/mol. The lowest BCUT2D eigenvalue weighted by molar-refractivity contribution is -0.133. The van der Waals surface area contributed by atoms with Crippen LogP contribution >= 0.6 is 23.0 Å². The number of carbonyl (C=O) groups is 1. The number of unbranched alkanes of at least 4 members (excludes halogenated alkanes) is 1. The fourth-order valence-corrected chi connectivity index (χ4v) is 1.44. The lowest BCUT2D eigenvalue weighted by Crippen LogP contribution is -2.35. The first-order valence-electron chi connectivity index (χ1n) is 4.85. The summed E-state index contributed by atoms with van der Waals surface area (Å²) in [6.07, 6.45) is 3.11. The van der Waals surface area contributed by atoms with Crippen molar-refractivity contribution in [2.24, 2.45) is 5.92 Å².